The molecule has 0 saturated heterocycles. The summed E-state index contributed by atoms with van der Waals surface area (Å²) in [6.45, 7) is 7.54. The molecule has 0 aliphatic carbocycles. The van der Waals surface area contributed by atoms with Crippen LogP contribution in [0.3, 0.4) is 0 Å². The lowest BCUT2D eigenvalue weighted by molar-refractivity contribution is 0.443. The van der Waals surface area contributed by atoms with Crippen LogP contribution in [0.25, 0.3) is 0 Å². The van der Waals surface area contributed by atoms with Gasteiger partial charge in [0.05, 0.1) is 4.90 Å². The summed E-state index contributed by atoms with van der Waals surface area (Å²) in [5.74, 6) is 0. The van der Waals surface area contributed by atoms with E-state index in [4.69, 9.17) is 0 Å². The summed E-state index contributed by atoms with van der Waals surface area (Å²) in [6.07, 6.45) is 0.733. The van der Waals surface area contributed by atoms with Crippen LogP contribution in [-0.4, -0.2) is 19.3 Å². The minimum Gasteiger partial charge on any atom is -0.207 e. The minimum atomic E-state index is -3.46. The average molecular weight is 334 g/mol. The minimum absolute atomic E-state index is 0.357. The smallest absolute Gasteiger partial charge is 0.207 e. The van der Waals surface area contributed by atoms with Crippen molar-refractivity contribution in [2.45, 2.75) is 44.6 Å². The summed E-state index contributed by atoms with van der Waals surface area (Å²) in [5, 5.41) is 0.759. The number of benzene rings is 1. The molecular weight excluding hydrogens is 314 g/mol. The molecule has 5 heteroatoms. The molecule has 1 aromatic carbocycles. The number of nitrogens with one attached hydrogen (secondary N) is 1. The summed E-state index contributed by atoms with van der Waals surface area (Å²) in [6, 6.07) is 5.36. The van der Waals surface area contributed by atoms with Crippen molar-refractivity contribution >= 4 is 26.0 Å². The molecule has 1 aromatic rings. The first-order valence-electron chi connectivity index (χ1n) is 5.85. The van der Waals surface area contributed by atoms with E-state index in [-0.39, 0.29) is 0 Å². The molecule has 0 heterocycles. The Labute approximate surface area is 118 Å². The third kappa shape index (κ3) is 4.07. The van der Waals surface area contributed by atoms with Gasteiger partial charge in [0.1, 0.15) is 0 Å². The number of alkyl halides is 1. The van der Waals surface area contributed by atoms with Crippen LogP contribution in [0.15, 0.2) is 23.1 Å². The number of hydrogen-bond donors (Lipinski definition) is 1. The van der Waals surface area contributed by atoms with Crippen LogP contribution < -0.4 is 4.72 Å². The maximum absolute atomic E-state index is 12.3. The Morgan fingerprint density at radius 3 is 2.39 bits per heavy atom. The van der Waals surface area contributed by atoms with Crippen LogP contribution in [0.5, 0.6) is 0 Å². The van der Waals surface area contributed by atoms with Gasteiger partial charge in [0, 0.05) is 10.9 Å². The predicted octanol–water partition coefficient (Wildman–Crippen LogP) is 3.15. The Morgan fingerprint density at radius 1 is 1.28 bits per heavy atom. The molecule has 1 N–H and O–H groups in total. The molecule has 0 spiro atoms. The highest BCUT2D eigenvalue weighted by molar-refractivity contribution is 9.09. The Hall–Kier alpha value is -0.390. The Bertz CT molecular complexity index is 524. The molecule has 0 radical (unpaired) electrons. The third-order valence-corrected chi connectivity index (χ3v) is 5.01. The summed E-state index contributed by atoms with van der Waals surface area (Å²) >= 11 is 3.34. The van der Waals surface area contributed by atoms with Crippen LogP contribution in [0, 0.1) is 13.8 Å². The van der Waals surface area contributed by atoms with Crippen LogP contribution >= 0.6 is 15.9 Å². The summed E-state index contributed by atoms with van der Waals surface area (Å²) in [5.41, 5.74) is 1.38. The Morgan fingerprint density at radius 2 is 1.89 bits per heavy atom. The largest absolute Gasteiger partial charge is 0.241 e. The normalized spacial score (nSPS) is 12.7. The second-order valence-corrected chi connectivity index (χ2v) is 7.64. The van der Waals surface area contributed by atoms with Crippen molar-refractivity contribution in [3.63, 3.8) is 0 Å². The van der Waals surface area contributed by atoms with Crippen LogP contribution in [-0.2, 0) is 10.0 Å². The molecule has 0 bridgehead atoms. The lowest BCUT2D eigenvalue weighted by Gasteiger charge is -2.25. The second-order valence-electron chi connectivity index (χ2n) is 5.20. The lowest BCUT2D eigenvalue weighted by Crippen LogP contribution is -2.43. The van der Waals surface area contributed by atoms with E-state index in [2.05, 4.69) is 20.7 Å². The molecule has 18 heavy (non-hydrogen) atoms. The molecule has 0 aliphatic rings. The molecule has 0 aliphatic heterocycles. The topological polar surface area (TPSA) is 46.2 Å². The molecule has 3 nitrogen and oxygen atoms in total. The van der Waals surface area contributed by atoms with E-state index in [1.54, 1.807) is 6.07 Å². The zero-order valence-electron chi connectivity index (χ0n) is 11.2. The fourth-order valence-electron chi connectivity index (χ4n) is 1.81. The molecule has 0 fully saturated rings. The fraction of sp³-hybridized carbons (Fsp3) is 0.538. The highest BCUT2D eigenvalue weighted by Gasteiger charge is 2.26. The second kappa shape index (κ2) is 5.72. The van der Waals surface area contributed by atoms with E-state index in [1.165, 1.54) is 0 Å². The van der Waals surface area contributed by atoms with Gasteiger partial charge in [-0.05, 0) is 45.7 Å². The van der Waals surface area contributed by atoms with Gasteiger partial charge in [-0.3, -0.25) is 0 Å². The van der Waals surface area contributed by atoms with Crippen molar-refractivity contribution in [3.05, 3.63) is 29.3 Å². The first kappa shape index (κ1) is 15.7. The fourth-order valence-corrected chi connectivity index (χ4v) is 4.47. The first-order valence-corrected chi connectivity index (χ1v) is 8.46. The number of aryl methyl sites for hydroxylation is 2. The average Bonchev–Trinajstić information content (AvgIpc) is 2.14. The van der Waals surface area contributed by atoms with Gasteiger partial charge < -0.3 is 0 Å². The van der Waals surface area contributed by atoms with Gasteiger partial charge in [-0.25, -0.2) is 13.1 Å². The van der Waals surface area contributed by atoms with Gasteiger partial charge >= 0.3 is 0 Å². The van der Waals surface area contributed by atoms with Crippen LogP contribution in [0.2, 0.25) is 0 Å². The zero-order chi connectivity index (χ0) is 14.0. The molecule has 0 aromatic heterocycles. The van der Waals surface area contributed by atoms with Crippen molar-refractivity contribution in [1.82, 2.24) is 4.72 Å². The van der Waals surface area contributed by atoms with Gasteiger partial charge in [0.15, 0.2) is 0 Å². The van der Waals surface area contributed by atoms with Gasteiger partial charge in [-0.1, -0.05) is 33.6 Å². The third-order valence-electron chi connectivity index (χ3n) is 2.75. The van der Waals surface area contributed by atoms with E-state index in [9.17, 15) is 8.42 Å². The van der Waals surface area contributed by atoms with Gasteiger partial charge in [0.2, 0.25) is 10.0 Å². The van der Waals surface area contributed by atoms with Crippen LogP contribution in [0.4, 0.5) is 0 Å². The number of halogens is 1. The van der Waals surface area contributed by atoms with Crippen molar-refractivity contribution in [1.29, 1.82) is 0 Å². The molecule has 0 saturated carbocycles. The van der Waals surface area contributed by atoms with Crippen molar-refractivity contribution < 1.29 is 8.42 Å². The maximum atomic E-state index is 12.3. The maximum Gasteiger partial charge on any atom is 0.241 e. The quantitative estimate of drug-likeness (QED) is 0.841. The number of hydrogen-bond acceptors (Lipinski definition) is 2. The summed E-state index contributed by atoms with van der Waals surface area (Å²) < 4.78 is 27.4. The molecule has 1 rings (SSSR count). The van der Waals surface area contributed by atoms with Gasteiger partial charge in [-0.15, -0.1) is 0 Å². The highest BCUT2D eigenvalue weighted by Crippen LogP contribution is 2.20. The zero-order valence-corrected chi connectivity index (χ0v) is 13.7. The van der Waals surface area contributed by atoms with Crippen LogP contribution in [0.1, 0.15) is 31.4 Å². The predicted molar refractivity (Wildman–Crippen MR) is 78.7 cm³/mol. The standard InChI is InChI=1S/C13H20BrNO2S/c1-10-5-6-12(11(2)9-10)18(16,17)15-13(3,4)7-8-14/h5-6,9,15H,7-8H2,1-4H3. The van der Waals surface area contributed by atoms with E-state index in [1.807, 2.05) is 39.8 Å². The number of rotatable bonds is 5. The Balaban J connectivity index is 3.07. The van der Waals surface area contributed by atoms with E-state index in [0.717, 1.165) is 22.9 Å². The number of sulfonamides is 1. The van der Waals surface area contributed by atoms with E-state index in [0.29, 0.717) is 4.90 Å². The molecule has 0 unspecified atom stereocenters. The molecular formula is C13H20BrNO2S. The lowest BCUT2D eigenvalue weighted by atomic mass is 10.0. The SMILES string of the molecule is Cc1ccc(S(=O)(=O)NC(C)(C)CCBr)c(C)c1. The van der Waals surface area contributed by atoms with Crippen molar-refractivity contribution in [2.24, 2.45) is 0 Å². The van der Waals surface area contributed by atoms with Crippen molar-refractivity contribution in [2.75, 3.05) is 5.33 Å². The van der Waals surface area contributed by atoms with Crippen molar-refractivity contribution in [3.8, 4) is 0 Å². The van der Waals surface area contributed by atoms with Gasteiger partial charge in [0.25, 0.3) is 0 Å². The molecule has 0 amide bonds. The first-order chi connectivity index (χ1) is 8.18. The molecule has 0 atom stereocenters. The van der Waals surface area contributed by atoms with E-state index >= 15 is 0 Å². The van der Waals surface area contributed by atoms with E-state index < -0.39 is 15.6 Å². The highest BCUT2D eigenvalue weighted by atomic mass is 79.9. The van der Waals surface area contributed by atoms with Gasteiger partial charge in [-0.2, -0.15) is 0 Å². The molecule has 102 valence electrons. The Kier molecular flexibility index (Phi) is 4.98. The summed E-state index contributed by atoms with van der Waals surface area (Å²) in [7, 11) is -3.46. The monoisotopic (exact) mass is 333 g/mol. The summed E-state index contributed by atoms with van der Waals surface area (Å²) in [4.78, 5) is 0.357.